The van der Waals surface area contributed by atoms with E-state index in [2.05, 4.69) is 10.6 Å². The van der Waals surface area contributed by atoms with Crippen molar-refractivity contribution in [2.75, 3.05) is 13.6 Å². The second-order valence-electron chi connectivity index (χ2n) is 4.83. The van der Waals surface area contributed by atoms with E-state index in [0.717, 1.165) is 18.4 Å². The first-order valence-electron chi connectivity index (χ1n) is 6.87. The lowest BCUT2D eigenvalue weighted by Crippen LogP contribution is -2.29. The summed E-state index contributed by atoms with van der Waals surface area (Å²) >= 11 is 0. The fraction of sp³-hybridized carbons (Fsp3) is 0.467. The van der Waals surface area contributed by atoms with Gasteiger partial charge in [-0.2, -0.15) is 0 Å². The van der Waals surface area contributed by atoms with E-state index in [9.17, 15) is 9.59 Å². The Kier molecular flexibility index (Phi) is 6.73. The smallest absolute Gasteiger partial charge is 0.251 e. The summed E-state index contributed by atoms with van der Waals surface area (Å²) in [6.07, 6.45) is 1.66. The van der Waals surface area contributed by atoms with Crippen molar-refractivity contribution in [2.24, 2.45) is 11.7 Å². The molecule has 0 radical (unpaired) electrons. The topological polar surface area (TPSA) is 84.2 Å². The SMILES string of the molecule is CNC(=O)c1ccc(CNC(=O)C(C)CCCN)cc1. The molecule has 1 aromatic carbocycles. The molecule has 0 spiro atoms. The van der Waals surface area contributed by atoms with Gasteiger partial charge in [0.2, 0.25) is 5.91 Å². The fourth-order valence-electron chi connectivity index (χ4n) is 1.84. The fourth-order valence-corrected chi connectivity index (χ4v) is 1.84. The minimum Gasteiger partial charge on any atom is -0.355 e. The van der Waals surface area contributed by atoms with Gasteiger partial charge in [-0.1, -0.05) is 19.1 Å². The Hall–Kier alpha value is -1.88. The summed E-state index contributed by atoms with van der Waals surface area (Å²) < 4.78 is 0. The van der Waals surface area contributed by atoms with Crippen LogP contribution in [-0.4, -0.2) is 25.4 Å². The molecular formula is C15H23N3O2. The average molecular weight is 277 g/mol. The van der Waals surface area contributed by atoms with E-state index in [-0.39, 0.29) is 17.7 Å². The molecule has 2 amide bonds. The van der Waals surface area contributed by atoms with Crippen molar-refractivity contribution in [3.05, 3.63) is 35.4 Å². The zero-order chi connectivity index (χ0) is 15.0. The molecule has 5 nitrogen and oxygen atoms in total. The summed E-state index contributed by atoms with van der Waals surface area (Å²) in [7, 11) is 1.60. The van der Waals surface area contributed by atoms with Crippen LogP contribution in [0.4, 0.5) is 0 Å². The molecule has 0 heterocycles. The maximum absolute atomic E-state index is 11.8. The maximum atomic E-state index is 11.8. The van der Waals surface area contributed by atoms with Gasteiger partial charge in [0.15, 0.2) is 0 Å². The van der Waals surface area contributed by atoms with E-state index < -0.39 is 0 Å². The monoisotopic (exact) mass is 277 g/mol. The van der Waals surface area contributed by atoms with Crippen LogP contribution in [0, 0.1) is 5.92 Å². The molecule has 0 aliphatic rings. The molecule has 0 aliphatic carbocycles. The van der Waals surface area contributed by atoms with Crippen molar-refractivity contribution in [1.82, 2.24) is 10.6 Å². The summed E-state index contributed by atoms with van der Waals surface area (Å²) in [6, 6.07) is 7.18. The molecule has 110 valence electrons. The van der Waals surface area contributed by atoms with Gasteiger partial charge >= 0.3 is 0 Å². The maximum Gasteiger partial charge on any atom is 0.251 e. The molecular weight excluding hydrogens is 254 g/mol. The normalized spacial score (nSPS) is 11.8. The highest BCUT2D eigenvalue weighted by molar-refractivity contribution is 5.93. The first kappa shape index (κ1) is 16.2. The van der Waals surface area contributed by atoms with Crippen molar-refractivity contribution < 1.29 is 9.59 Å². The number of amides is 2. The number of rotatable bonds is 7. The quantitative estimate of drug-likeness (QED) is 0.696. The van der Waals surface area contributed by atoms with Crippen LogP contribution in [0.25, 0.3) is 0 Å². The van der Waals surface area contributed by atoms with Crippen LogP contribution < -0.4 is 16.4 Å². The molecule has 0 saturated carbocycles. The molecule has 1 unspecified atom stereocenters. The van der Waals surface area contributed by atoms with Gasteiger partial charge in [-0.05, 0) is 37.1 Å². The number of hydrogen-bond acceptors (Lipinski definition) is 3. The summed E-state index contributed by atoms with van der Waals surface area (Å²) in [5.74, 6) is -0.103. The second kappa shape index (κ2) is 8.32. The Labute approximate surface area is 119 Å². The Morgan fingerprint density at radius 2 is 1.90 bits per heavy atom. The molecule has 20 heavy (non-hydrogen) atoms. The van der Waals surface area contributed by atoms with Crippen LogP contribution in [0.3, 0.4) is 0 Å². The minimum atomic E-state index is -0.115. The van der Waals surface area contributed by atoms with Gasteiger partial charge in [-0.25, -0.2) is 0 Å². The Morgan fingerprint density at radius 3 is 2.45 bits per heavy atom. The van der Waals surface area contributed by atoms with E-state index in [0.29, 0.717) is 18.7 Å². The van der Waals surface area contributed by atoms with E-state index in [1.54, 1.807) is 19.2 Å². The Bertz CT molecular complexity index is 443. The molecule has 0 saturated heterocycles. The number of carbonyl (C=O) groups excluding carboxylic acids is 2. The first-order chi connectivity index (χ1) is 9.58. The number of hydrogen-bond donors (Lipinski definition) is 3. The lowest BCUT2D eigenvalue weighted by molar-refractivity contribution is -0.124. The van der Waals surface area contributed by atoms with Crippen LogP contribution in [0.2, 0.25) is 0 Å². The predicted molar refractivity (Wildman–Crippen MR) is 79.1 cm³/mol. The van der Waals surface area contributed by atoms with Crippen LogP contribution in [0.15, 0.2) is 24.3 Å². The van der Waals surface area contributed by atoms with Crippen molar-refractivity contribution in [3.63, 3.8) is 0 Å². The summed E-state index contributed by atoms with van der Waals surface area (Å²) in [5, 5.41) is 5.46. The van der Waals surface area contributed by atoms with Gasteiger partial charge in [0, 0.05) is 25.1 Å². The van der Waals surface area contributed by atoms with Crippen LogP contribution >= 0.6 is 0 Å². The van der Waals surface area contributed by atoms with Crippen LogP contribution in [-0.2, 0) is 11.3 Å². The predicted octanol–water partition coefficient (Wildman–Crippen LogP) is 1.04. The zero-order valence-corrected chi connectivity index (χ0v) is 12.1. The van der Waals surface area contributed by atoms with Crippen molar-refractivity contribution >= 4 is 11.8 Å². The number of carbonyl (C=O) groups is 2. The first-order valence-corrected chi connectivity index (χ1v) is 6.87. The second-order valence-corrected chi connectivity index (χ2v) is 4.83. The summed E-state index contributed by atoms with van der Waals surface area (Å²) in [5.41, 5.74) is 7.01. The minimum absolute atomic E-state index is 0.0244. The van der Waals surface area contributed by atoms with Gasteiger partial charge in [-0.15, -0.1) is 0 Å². The highest BCUT2D eigenvalue weighted by Crippen LogP contribution is 2.07. The summed E-state index contributed by atoms with van der Waals surface area (Å²) in [6.45, 7) is 2.98. The molecule has 1 aromatic rings. The van der Waals surface area contributed by atoms with E-state index in [1.807, 2.05) is 19.1 Å². The third-order valence-corrected chi connectivity index (χ3v) is 3.20. The largest absolute Gasteiger partial charge is 0.355 e. The number of nitrogens with one attached hydrogen (secondary N) is 2. The third kappa shape index (κ3) is 5.01. The molecule has 1 rings (SSSR count). The Morgan fingerprint density at radius 1 is 1.25 bits per heavy atom. The van der Waals surface area contributed by atoms with Gasteiger partial charge in [0.05, 0.1) is 0 Å². The van der Waals surface area contributed by atoms with Gasteiger partial charge < -0.3 is 16.4 Å². The van der Waals surface area contributed by atoms with Crippen molar-refractivity contribution in [2.45, 2.75) is 26.3 Å². The van der Waals surface area contributed by atoms with Crippen molar-refractivity contribution in [1.29, 1.82) is 0 Å². The third-order valence-electron chi connectivity index (χ3n) is 3.20. The molecule has 0 aromatic heterocycles. The van der Waals surface area contributed by atoms with E-state index in [1.165, 1.54) is 0 Å². The van der Waals surface area contributed by atoms with Crippen molar-refractivity contribution in [3.8, 4) is 0 Å². The van der Waals surface area contributed by atoms with Crippen LogP contribution in [0.5, 0.6) is 0 Å². The van der Waals surface area contributed by atoms with E-state index >= 15 is 0 Å². The van der Waals surface area contributed by atoms with Gasteiger partial charge in [-0.3, -0.25) is 9.59 Å². The molecule has 5 heteroatoms. The molecule has 4 N–H and O–H groups in total. The lowest BCUT2D eigenvalue weighted by atomic mass is 10.0. The highest BCUT2D eigenvalue weighted by atomic mass is 16.2. The van der Waals surface area contributed by atoms with Gasteiger partial charge in [0.25, 0.3) is 5.91 Å². The molecule has 0 aliphatic heterocycles. The number of benzene rings is 1. The zero-order valence-electron chi connectivity index (χ0n) is 12.1. The molecule has 1 atom stereocenters. The standard InChI is InChI=1S/C15H23N3O2/c1-11(4-3-9-16)14(19)18-10-12-5-7-13(8-6-12)15(20)17-2/h5-8,11H,3-4,9-10,16H2,1-2H3,(H,17,20)(H,18,19). The summed E-state index contributed by atoms with van der Waals surface area (Å²) in [4.78, 5) is 23.2. The van der Waals surface area contributed by atoms with Crippen LogP contribution in [0.1, 0.15) is 35.7 Å². The highest BCUT2D eigenvalue weighted by Gasteiger charge is 2.11. The average Bonchev–Trinajstić information content (AvgIpc) is 2.49. The van der Waals surface area contributed by atoms with E-state index in [4.69, 9.17) is 5.73 Å². The van der Waals surface area contributed by atoms with Gasteiger partial charge in [0.1, 0.15) is 0 Å². The molecule has 0 bridgehead atoms. The lowest BCUT2D eigenvalue weighted by Gasteiger charge is -2.11. The Balaban J connectivity index is 2.45. The molecule has 0 fully saturated rings. The number of nitrogens with two attached hydrogens (primary N) is 1.